The number of aliphatic hydroxyl groups excluding tert-OH is 1. The maximum Gasteiger partial charge on any atom is 0.319 e. The third kappa shape index (κ3) is 2.95. The number of pyridine rings is 1. The normalized spacial score (nSPS) is 12.1. The van der Waals surface area contributed by atoms with Crippen LogP contribution in [-0.2, 0) is 0 Å². The van der Waals surface area contributed by atoms with E-state index in [-0.39, 0.29) is 12.6 Å². The van der Waals surface area contributed by atoms with Gasteiger partial charge < -0.3 is 15.7 Å². The maximum absolute atomic E-state index is 11.6. The van der Waals surface area contributed by atoms with Crippen LogP contribution in [-0.4, -0.2) is 28.8 Å². The van der Waals surface area contributed by atoms with Gasteiger partial charge >= 0.3 is 6.03 Å². The number of aromatic nitrogens is 1. The summed E-state index contributed by atoms with van der Waals surface area (Å²) in [6.45, 7) is 1.82. The number of rotatable bonds is 3. The van der Waals surface area contributed by atoms with Crippen molar-refractivity contribution in [3.05, 3.63) is 36.5 Å². The van der Waals surface area contributed by atoms with Gasteiger partial charge in [-0.25, -0.2) is 4.79 Å². The molecule has 0 aliphatic rings. The molecule has 94 valence electrons. The Morgan fingerprint density at radius 1 is 1.39 bits per heavy atom. The molecular weight excluding hydrogens is 230 g/mol. The predicted octanol–water partition coefficient (Wildman–Crippen LogP) is 1.74. The Labute approximate surface area is 105 Å². The number of hydrogen-bond acceptors (Lipinski definition) is 3. The number of nitrogens with one attached hydrogen (secondary N) is 2. The maximum atomic E-state index is 11.6. The van der Waals surface area contributed by atoms with Gasteiger partial charge in [-0.1, -0.05) is 18.2 Å². The van der Waals surface area contributed by atoms with Crippen molar-refractivity contribution in [2.45, 2.75) is 13.0 Å². The van der Waals surface area contributed by atoms with E-state index in [0.29, 0.717) is 5.69 Å². The lowest BCUT2D eigenvalue weighted by molar-refractivity contribution is 0.190. The number of amides is 2. The van der Waals surface area contributed by atoms with Crippen LogP contribution in [0.2, 0.25) is 0 Å². The summed E-state index contributed by atoms with van der Waals surface area (Å²) in [7, 11) is 0. The molecule has 0 saturated heterocycles. The number of para-hydroxylation sites is 1. The van der Waals surface area contributed by atoms with E-state index in [1.165, 1.54) is 0 Å². The summed E-state index contributed by atoms with van der Waals surface area (Å²) in [5, 5.41) is 15.3. The zero-order valence-corrected chi connectivity index (χ0v) is 10.1. The van der Waals surface area contributed by atoms with Gasteiger partial charge in [-0.15, -0.1) is 0 Å². The van der Waals surface area contributed by atoms with Gasteiger partial charge in [-0.3, -0.25) is 4.98 Å². The van der Waals surface area contributed by atoms with Crippen LogP contribution in [0.5, 0.6) is 0 Å². The third-order valence-electron chi connectivity index (χ3n) is 2.44. The molecule has 1 atom stereocenters. The zero-order valence-electron chi connectivity index (χ0n) is 10.1. The minimum Gasteiger partial charge on any atom is -0.392 e. The molecule has 2 aromatic rings. The largest absolute Gasteiger partial charge is 0.392 e. The molecule has 0 saturated carbocycles. The molecule has 0 fully saturated rings. The summed E-state index contributed by atoms with van der Waals surface area (Å²) in [5.74, 6) is 0. The van der Waals surface area contributed by atoms with E-state index >= 15 is 0 Å². The number of aliphatic hydroxyl groups is 1. The van der Waals surface area contributed by atoms with Crippen LogP contribution in [0.4, 0.5) is 10.5 Å². The van der Waals surface area contributed by atoms with Gasteiger partial charge in [0.1, 0.15) is 0 Å². The van der Waals surface area contributed by atoms with E-state index in [0.717, 1.165) is 10.9 Å². The standard InChI is InChI=1S/C13H15N3O2/c1-9(17)8-15-13(18)16-11-6-2-4-10-5-3-7-14-12(10)11/h2-7,9,17H,8H2,1H3,(H2,15,16,18). The van der Waals surface area contributed by atoms with Crippen LogP contribution in [0.25, 0.3) is 10.9 Å². The van der Waals surface area contributed by atoms with E-state index in [9.17, 15) is 4.79 Å². The summed E-state index contributed by atoms with van der Waals surface area (Å²) in [6.07, 6.45) is 1.11. The Morgan fingerprint density at radius 2 is 2.17 bits per heavy atom. The second kappa shape index (κ2) is 5.46. The molecule has 1 heterocycles. The Morgan fingerprint density at radius 3 is 2.94 bits per heavy atom. The molecule has 1 aromatic heterocycles. The van der Waals surface area contributed by atoms with Gasteiger partial charge in [-0.05, 0) is 19.1 Å². The number of urea groups is 1. The first-order valence-electron chi connectivity index (χ1n) is 5.73. The third-order valence-corrected chi connectivity index (χ3v) is 2.44. The first kappa shape index (κ1) is 12.3. The number of carbonyl (C=O) groups excluding carboxylic acids is 1. The van der Waals surface area contributed by atoms with Crippen molar-refractivity contribution in [1.82, 2.24) is 10.3 Å². The molecule has 1 unspecified atom stereocenters. The van der Waals surface area contributed by atoms with Gasteiger partial charge in [0.2, 0.25) is 0 Å². The summed E-state index contributed by atoms with van der Waals surface area (Å²) in [5.41, 5.74) is 1.39. The van der Waals surface area contributed by atoms with Gasteiger partial charge in [0.05, 0.1) is 17.3 Å². The number of carbonyl (C=O) groups is 1. The van der Waals surface area contributed by atoms with Crippen LogP contribution in [0, 0.1) is 0 Å². The SMILES string of the molecule is CC(O)CNC(=O)Nc1cccc2cccnc12. The van der Waals surface area contributed by atoms with Crippen molar-refractivity contribution in [1.29, 1.82) is 0 Å². The van der Waals surface area contributed by atoms with Crippen LogP contribution in [0.1, 0.15) is 6.92 Å². The molecule has 1 aromatic carbocycles. The molecule has 0 bridgehead atoms. The van der Waals surface area contributed by atoms with Crippen molar-refractivity contribution >= 4 is 22.6 Å². The highest BCUT2D eigenvalue weighted by Crippen LogP contribution is 2.20. The van der Waals surface area contributed by atoms with E-state index in [2.05, 4.69) is 15.6 Å². The summed E-state index contributed by atoms with van der Waals surface area (Å²) in [4.78, 5) is 15.8. The van der Waals surface area contributed by atoms with Crippen molar-refractivity contribution in [3.8, 4) is 0 Å². The number of fused-ring (bicyclic) bond motifs is 1. The van der Waals surface area contributed by atoms with E-state index in [4.69, 9.17) is 5.11 Å². The topological polar surface area (TPSA) is 74.2 Å². The Balaban J connectivity index is 2.14. The molecule has 18 heavy (non-hydrogen) atoms. The smallest absolute Gasteiger partial charge is 0.319 e. The quantitative estimate of drug-likeness (QED) is 0.771. The highest BCUT2D eigenvalue weighted by molar-refractivity contribution is 5.99. The average molecular weight is 245 g/mol. The minimum atomic E-state index is -0.568. The fourth-order valence-electron chi connectivity index (χ4n) is 1.61. The zero-order chi connectivity index (χ0) is 13.0. The Hall–Kier alpha value is -2.14. The lowest BCUT2D eigenvalue weighted by Crippen LogP contribution is -2.34. The highest BCUT2D eigenvalue weighted by Gasteiger charge is 2.06. The fourth-order valence-corrected chi connectivity index (χ4v) is 1.61. The first-order chi connectivity index (χ1) is 8.66. The number of benzene rings is 1. The van der Waals surface area contributed by atoms with Crippen LogP contribution >= 0.6 is 0 Å². The summed E-state index contributed by atoms with van der Waals surface area (Å²) >= 11 is 0. The van der Waals surface area contributed by atoms with Gasteiger partial charge in [0.25, 0.3) is 0 Å². The molecule has 2 amide bonds. The average Bonchev–Trinajstić information content (AvgIpc) is 2.37. The monoisotopic (exact) mass is 245 g/mol. The van der Waals surface area contributed by atoms with E-state index in [1.807, 2.05) is 24.3 Å². The van der Waals surface area contributed by atoms with Gasteiger partial charge in [-0.2, -0.15) is 0 Å². The van der Waals surface area contributed by atoms with E-state index < -0.39 is 6.10 Å². The molecule has 0 radical (unpaired) electrons. The van der Waals surface area contributed by atoms with Crippen molar-refractivity contribution in [2.75, 3.05) is 11.9 Å². The van der Waals surface area contributed by atoms with Crippen molar-refractivity contribution in [3.63, 3.8) is 0 Å². The van der Waals surface area contributed by atoms with Crippen LogP contribution in [0.3, 0.4) is 0 Å². The highest BCUT2D eigenvalue weighted by atomic mass is 16.3. The molecule has 0 spiro atoms. The second-order valence-electron chi connectivity index (χ2n) is 4.06. The molecule has 2 rings (SSSR count). The summed E-state index contributed by atoms with van der Waals surface area (Å²) < 4.78 is 0. The van der Waals surface area contributed by atoms with Gasteiger partial charge in [0, 0.05) is 18.1 Å². The molecule has 0 aliphatic heterocycles. The van der Waals surface area contributed by atoms with E-state index in [1.54, 1.807) is 19.2 Å². The van der Waals surface area contributed by atoms with Crippen molar-refractivity contribution in [2.24, 2.45) is 0 Å². The molecular formula is C13H15N3O2. The lowest BCUT2D eigenvalue weighted by atomic mass is 10.2. The predicted molar refractivity (Wildman–Crippen MR) is 70.4 cm³/mol. The number of nitrogens with zero attached hydrogens (tertiary/aromatic N) is 1. The van der Waals surface area contributed by atoms with Gasteiger partial charge in [0.15, 0.2) is 0 Å². The number of anilines is 1. The lowest BCUT2D eigenvalue weighted by Gasteiger charge is -2.10. The fraction of sp³-hybridized carbons (Fsp3) is 0.231. The Kier molecular flexibility index (Phi) is 3.74. The van der Waals surface area contributed by atoms with Crippen LogP contribution < -0.4 is 10.6 Å². The molecule has 3 N–H and O–H groups in total. The van der Waals surface area contributed by atoms with Crippen LogP contribution in [0.15, 0.2) is 36.5 Å². The molecule has 5 nitrogen and oxygen atoms in total. The number of hydrogen-bond donors (Lipinski definition) is 3. The second-order valence-corrected chi connectivity index (χ2v) is 4.06. The Bertz CT molecular complexity index is 549. The summed E-state index contributed by atoms with van der Waals surface area (Å²) in [6, 6.07) is 9.00. The minimum absolute atomic E-state index is 0.212. The van der Waals surface area contributed by atoms with Crippen molar-refractivity contribution < 1.29 is 9.90 Å². The molecule has 0 aliphatic carbocycles. The first-order valence-corrected chi connectivity index (χ1v) is 5.73. The molecule has 5 heteroatoms.